The summed E-state index contributed by atoms with van der Waals surface area (Å²) in [5.74, 6) is 0. The fraction of sp³-hybridized carbons (Fsp3) is 0.444. The van der Waals surface area contributed by atoms with Gasteiger partial charge in [-0.05, 0) is 32.9 Å². The van der Waals surface area contributed by atoms with Crippen LogP contribution in [0, 0.1) is 0 Å². The van der Waals surface area contributed by atoms with Gasteiger partial charge in [0.05, 0.1) is 5.60 Å². The van der Waals surface area contributed by atoms with Crippen LogP contribution in [0.15, 0.2) is 24.5 Å². The Bertz CT molecular complexity index is 262. The van der Waals surface area contributed by atoms with E-state index in [2.05, 4.69) is 0 Å². The summed E-state index contributed by atoms with van der Waals surface area (Å²) in [7, 11) is 0. The molecule has 0 atom stereocenters. The molecule has 1 rings (SSSR count). The van der Waals surface area contributed by atoms with Crippen molar-refractivity contribution in [2.75, 3.05) is 5.17 Å². The van der Waals surface area contributed by atoms with E-state index >= 15 is 0 Å². The van der Waals surface area contributed by atoms with Gasteiger partial charge in [-0.25, -0.2) is 9.51 Å². The van der Waals surface area contributed by atoms with E-state index in [1.54, 1.807) is 17.1 Å². The van der Waals surface area contributed by atoms with Crippen molar-refractivity contribution < 1.29 is 9.63 Å². The van der Waals surface area contributed by atoms with Crippen molar-refractivity contribution in [1.29, 1.82) is 0 Å². The number of hydrogen-bond acceptors (Lipinski definition) is 2. The molecular formula is C9H14N2O2. The standard InChI is InChI=1S/C9H14N2O2/c1-9(2,3)13-11(8-12)10-6-4-5-7-10/h4-8H,1-3H3. The summed E-state index contributed by atoms with van der Waals surface area (Å²) in [4.78, 5) is 16.0. The van der Waals surface area contributed by atoms with Crippen LogP contribution in [0.3, 0.4) is 0 Å². The van der Waals surface area contributed by atoms with E-state index in [0.29, 0.717) is 6.41 Å². The minimum Gasteiger partial charge on any atom is -0.274 e. The molecule has 0 aromatic carbocycles. The maximum Gasteiger partial charge on any atom is 0.255 e. The molecule has 1 heterocycles. The maximum atomic E-state index is 10.7. The third-order valence-electron chi connectivity index (χ3n) is 1.27. The fourth-order valence-corrected chi connectivity index (χ4v) is 0.861. The largest absolute Gasteiger partial charge is 0.274 e. The van der Waals surface area contributed by atoms with Gasteiger partial charge in [0, 0.05) is 12.4 Å². The van der Waals surface area contributed by atoms with Crippen LogP contribution >= 0.6 is 0 Å². The topological polar surface area (TPSA) is 34.5 Å². The predicted octanol–water partition coefficient (Wildman–Crippen LogP) is 1.31. The van der Waals surface area contributed by atoms with E-state index in [9.17, 15) is 4.79 Å². The van der Waals surface area contributed by atoms with Gasteiger partial charge in [0.15, 0.2) is 0 Å². The zero-order valence-electron chi connectivity index (χ0n) is 8.10. The number of nitrogens with zero attached hydrogens (tertiary/aromatic N) is 2. The first-order valence-corrected chi connectivity index (χ1v) is 4.10. The van der Waals surface area contributed by atoms with Crippen molar-refractivity contribution in [3.63, 3.8) is 0 Å². The molecule has 1 amide bonds. The predicted molar refractivity (Wildman–Crippen MR) is 49.6 cm³/mol. The number of aromatic nitrogens is 1. The van der Waals surface area contributed by atoms with Crippen molar-refractivity contribution >= 4 is 6.41 Å². The Hall–Kier alpha value is -1.29. The molecule has 0 spiro atoms. The van der Waals surface area contributed by atoms with Gasteiger partial charge in [0.2, 0.25) is 0 Å². The average molecular weight is 182 g/mol. The molecular weight excluding hydrogens is 168 g/mol. The molecule has 1 aromatic heterocycles. The Balaban J connectivity index is 2.70. The van der Waals surface area contributed by atoms with E-state index < -0.39 is 0 Å². The minimum atomic E-state index is -0.384. The van der Waals surface area contributed by atoms with Crippen LogP contribution < -0.4 is 5.17 Å². The second-order valence-electron chi connectivity index (χ2n) is 3.67. The number of amides is 1. The molecule has 0 saturated carbocycles. The Morgan fingerprint density at radius 1 is 1.31 bits per heavy atom. The molecule has 4 nitrogen and oxygen atoms in total. The number of carbonyl (C=O) groups is 1. The number of rotatable bonds is 3. The molecule has 0 aliphatic carbocycles. The Labute approximate surface area is 77.6 Å². The first kappa shape index (κ1) is 9.80. The molecule has 4 heteroatoms. The van der Waals surface area contributed by atoms with E-state index in [1.165, 1.54) is 0 Å². The summed E-state index contributed by atoms with van der Waals surface area (Å²) in [5, 5.41) is 1.15. The van der Waals surface area contributed by atoms with Gasteiger partial charge in [0.1, 0.15) is 0 Å². The highest BCUT2D eigenvalue weighted by molar-refractivity contribution is 5.57. The average Bonchev–Trinajstić information content (AvgIpc) is 2.50. The zero-order chi connectivity index (χ0) is 9.90. The second-order valence-corrected chi connectivity index (χ2v) is 3.67. The molecule has 0 fully saturated rings. The second kappa shape index (κ2) is 3.62. The highest BCUT2D eigenvalue weighted by Gasteiger charge is 2.16. The Morgan fingerprint density at radius 3 is 2.23 bits per heavy atom. The third kappa shape index (κ3) is 2.91. The van der Waals surface area contributed by atoms with E-state index in [4.69, 9.17) is 4.84 Å². The van der Waals surface area contributed by atoms with Gasteiger partial charge in [0.25, 0.3) is 6.41 Å². The zero-order valence-corrected chi connectivity index (χ0v) is 8.10. The Morgan fingerprint density at radius 2 is 1.85 bits per heavy atom. The summed E-state index contributed by atoms with van der Waals surface area (Å²) < 4.78 is 1.57. The van der Waals surface area contributed by atoms with Crippen LogP contribution in [0.1, 0.15) is 20.8 Å². The number of hydroxylamine groups is 1. The van der Waals surface area contributed by atoms with Crippen LogP contribution in [0.2, 0.25) is 0 Å². The van der Waals surface area contributed by atoms with Gasteiger partial charge < -0.3 is 0 Å². The molecule has 0 unspecified atom stereocenters. The van der Waals surface area contributed by atoms with E-state index in [-0.39, 0.29) is 5.60 Å². The smallest absolute Gasteiger partial charge is 0.255 e. The van der Waals surface area contributed by atoms with Gasteiger partial charge >= 0.3 is 0 Å². The molecule has 0 aliphatic rings. The highest BCUT2D eigenvalue weighted by atomic mass is 16.7. The van der Waals surface area contributed by atoms with Crippen LogP contribution in [-0.2, 0) is 9.63 Å². The van der Waals surface area contributed by atoms with E-state index in [1.807, 2.05) is 32.9 Å². The van der Waals surface area contributed by atoms with Crippen molar-refractivity contribution in [3.05, 3.63) is 24.5 Å². The van der Waals surface area contributed by atoms with Gasteiger partial charge in [-0.2, -0.15) is 0 Å². The lowest BCUT2D eigenvalue weighted by Gasteiger charge is -2.26. The molecule has 0 bridgehead atoms. The van der Waals surface area contributed by atoms with E-state index in [0.717, 1.165) is 5.17 Å². The summed E-state index contributed by atoms with van der Waals surface area (Å²) in [6.45, 7) is 5.65. The van der Waals surface area contributed by atoms with Crippen molar-refractivity contribution in [3.8, 4) is 0 Å². The normalized spacial score (nSPS) is 11.3. The van der Waals surface area contributed by atoms with Crippen LogP contribution in [0.4, 0.5) is 0 Å². The lowest BCUT2D eigenvalue weighted by molar-refractivity contribution is -0.127. The van der Waals surface area contributed by atoms with Gasteiger partial charge in [-0.3, -0.25) is 4.79 Å². The SMILES string of the molecule is CC(C)(C)ON(C=O)n1cccc1. The van der Waals surface area contributed by atoms with Crippen LogP contribution in [-0.4, -0.2) is 16.7 Å². The maximum absolute atomic E-state index is 10.7. The monoisotopic (exact) mass is 182 g/mol. The molecule has 1 aromatic rings. The molecule has 13 heavy (non-hydrogen) atoms. The third-order valence-corrected chi connectivity index (χ3v) is 1.27. The molecule has 0 radical (unpaired) electrons. The highest BCUT2D eigenvalue weighted by Crippen LogP contribution is 2.08. The Kier molecular flexibility index (Phi) is 2.72. The number of carbonyl (C=O) groups excluding carboxylic acids is 1. The summed E-state index contributed by atoms with van der Waals surface area (Å²) >= 11 is 0. The van der Waals surface area contributed by atoms with Gasteiger partial charge in [-0.1, -0.05) is 0 Å². The molecule has 0 saturated heterocycles. The van der Waals surface area contributed by atoms with Crippen molar-refractivity contribution in [1.82, 2.24) is 4.68 Å². The van der Waals surface area contributed by atoms with Crippen molar-refractivity contribution in [2.45, 2.75) is 26.4 Å². The number of hydrogen-bond donors (Lipinski definition) is 0. The summed E-state index contributed by atoms with van der Waals surface area (Å²) in [6, 6.07) is 3.64. The fourth-order valence-electron chi connectivity index (χ4n) is 0.861. The molecule has 72 valence electrons. The quantitative estimate of drug-likeness (QED) is 0.522. The first-order valence-electron chi connectivity index (χ1n) is 4.10. The molecule has 0 aliphatic heterocycles. The molecule has 0 N–H and O–H groups in total. The van der Waals surface area contributed by atoms with Gasteiger partial charge in [-0.15, -0.1) is 5.17 Å². The first-order chi connectivity index (χ1) is 6.03. The van der Waals surface area contributed by atoms with Crippen LogP contribution in [0.5, 0.6) is 0 Å². The minimum absolute atomic E-state index is 0.384. The summed E-state index contributed by atoms with van der Waals surface area (Å²) in [5.41, 5.74) is -0.384. The summed E-state index contributed by atoms with van der Waals surface area (Å²) in [6.07, 6.45) is 4.10. The van der Waals surface area contributed by atoms with Crippen LogP contribution in [0.25, 0.3) is 0 Å². The lowest BCUT2D eigenvalue weighted by atomic mass is 10.2. The van der Waals surface area contributed by atoms with Crippen molar-refractivity contribution in [2.24, 2.45) is 0 Å². The lowest BCUT2D eigenvalue weighted by Crippen LogP contribution is -2.39.